The van der Waals surface area contributed by atoms with Crippen LogP contribution in [0.4, 0.5) is 10.5 Å². The lowest BCUT2D eigenvalue weighted by Crippen LogP contribution is -2.39. The van der Waals surface area contributed by atoms with Crippen LogP contribution in [0, 0.1) is 0 Å². The number of aromatic hydroxyl groups is 1. The molecule has 1 aliphatic heterocycles. The van der Waals surface area contributed by atoms with E-state index in [1.54, 1.807) is 12.1 Å². The number of carbonyl (C=O) groups is 1. The number of anilines is 1. The third kappa shape index (κ3) is 9.38. The van der Waals surface area contributed by atoms with Gasteiger partial charge in [0.15, 0.2) is 0 Å². The highest BCUT2D eigenvalue weighted by atomic mass is 16.6. The second kappa shape index (κ2) is 17.1. The van der Waals surface area contributed by atoms with E-state index in [0.29, 0.717) is 23.0 Å². The number of aliphatic hydroxyl groups is 1. The monoisotopic (exact) mass is 674 g/mol. The molecule has 4 aromatic carbocycles. The number of piperidine rings is 1. The van der Waals surface area contributed by atoms with E-state index in [2.05, 4.69) is 44.8 Å². The third-order valence-electron chi connectivity index (χ3n) is 9.41. The zero-order chi connectivity index (χ0) is 34.7. The van der Waals surface area contributed by atoms with Crippen LogP contribution in [0.25, 0.3) is 22.0 Å². The van der Waals surface area contributed by atoms with E-state index in [9.17, 15) is 19.8 Å². The molecule has 6 rings (SSSR count). The Morgan fingerprint density at radius 3 is 2.42 bits per heavy atom. The molecule has 0 aliphatic carbocycles. The van der Waals surface area contributed by atoms with Gasteiger partial charge in [0.05, 0.1) is 17.3 Å². The van der Waals surface area contributed by atoms with E-state index >= 15 is 0 Å². The molecule has 9 heteroatoms. The number of benzene rings is 4. The number of hydrogen-bond acceptors (Lipinski definition) is 7. The molecule has 1 aromatic heterocycles. The summed E-state index contributed by atoms with van der Waals surface area (Å²) >= 11 is 0. The number of pyridine rings is 1. The van der Waals surface area contributed by atoms with Gasteiger partial charge >= 0.3 is 6.09 Å². The van der Waals surface area contributed by atoms with Gasteiger partial charge in [-0.3, -0.25) is 10.1 Å². The van der Waals surface area contributed by atoms with Crippen LogP contribution >= 0.6 is 0 Å². The predicted octanol–water partition coefficient (Wildman–Crippen LogP) is 6.80. The summed E-state index contributed by atoms with van der Waals surface area (Å²) in [6.45, 7) is 3.99. The normalized spacial score (nSPS) is 14.4. The Kier molecular flexibility index (Phi) is 11.9. The van der Waals surface area contributed by atoms with Crippen molar-refractivity contribution in [1.82, 2.24) is 15.2 Å². The molecule has 1 amide bonds. The van der Waals surface area contributed by atoms with Crippen LogP contribution in [-0.2, 0) is 17.6 Å². The number of aromatic nitrogens is 1. The minimum Gasteiger partial charge on any atom is -0.506 e. The van der Waals surface area contributed by atoms with Gasteiger partial charge in [-0.25, -0.2) is 4.79 Å². The van der Waals surface area contributed by atoms with Gasteiger partial charge in [0.1, 0.15) is 11.9 Å². The number of rotatable bonds is 14. The number of aliphatic hydroxyl groups excluding tert-OH is 1. The molecular formula is C41H46N4O5. The van der Waals surface area contributed by atoms with Gasteiger partial charge in [0, 0.05) is 36.7 Å². The van der Waals surface area contributed by atoms with E-state index in [-0.39, 0.29) is 17.4 Å². The Morgan fingerprint density at radius 1 is 0.880 bits per heavy atom. The van der Waals surface area contributed by atoms with E-state index in [0.717, 1.165) is 81.5 Å². The minimum atomic E-state index is -0.765. The van der Waals surface area contributed by atoms with Gasteiger partial charge in [0.2, 0.25) is 5.56 Å². The quantitative estimate of drug-likeness (QED) is 0.0820. The Balaban J connectivity index is 0.869. The molecule has 5 aromatic rings. The molecule has 1 saturated heterocycles. The smallest absolute Gasteiger partial charge is 0.411 e. The lowest BCUT2D eigenvalue weighted by molar-refractivity contribution is 0.0587. The number of nitrogens with one attached hydrogen (secondary N) is 3. The van der Waals surface area contributed by atoms with E-state index in [4.69, 9.17) is 4.74 Å². The SMILES string of the molecule is O=C(Nc1ccccc1-c1ccccc1)OC1CCN(CCCc2cccc(CCCNC[C@@H](O)c3ccc(O)c4[nH]c(=O)ccc34)c2)CC1. The molecule has 0 unspecified atom stereocenters. The van der Waals surface area contributed by atoms with Crippen LogP contribution in [0.1, 0.15) is 48.5 Å². The Morgan fingerprint density at radius 2 is 1.62 bits per heavy atom. The highest BCUT2D eigenvalue weighted by molar-refractivity contribution is 5.91. The number of aryl methyl sites for hydroxylation is 2. The minimum absolute atomic E-state index is 0.0146. The Bertz CT molecular complexity index is 1920. The van der Waals surface area contributed by atoms with Crippen molar-refractivity contribution in [3.63, 3.8) is 0 Å². The van der Waals surface area contributed by atoms with Crippen molar-refractivity contribution in [3.05, 3.63) is 130 Å². The fraction of sp³-hybridized carbons (Fsp3) is 0.317. The van der Waals surface area contributed by atoms with Crippen molar-refractivity contribution in [2.24, 2.45) is 0 Å². The number of nitrogens with zero attached hydrogens (tertiary/aromatic N) is 1. The van der Waals surface area contributed by atoms with Crippen LogP contribution in [0.15, 0.2) is 108 Å². The first-order valence-corrected chi connectivity index (χ1v) is 17.6. The molecule has 5 N–H and O–H groups in total. The fourth-order valence-electron chi connectivity index (χ4n) is 6.77. The van der Waals surface area contributed by atoms with E-state index < -0.39 is 12.2 Å². The van der Waals surface area contributed by atoms with Crippen molar-refractivity contribution >= 4 is 22.7 Å². The maximum atomic E-state index is 12.8. The van der Waals surface area contributed by atoms with Gasteiger partial charge in [-0.1, -0.05) is 78.9 Å². The number of phenols is 1. The molecule has 0 bridgehead atoms. The van der Waals surface area contributed by atoms with Crippen LogP contribution in [0.3, 0.4) is 0 Å². The van der Waals surface area contributed by atoms with E-state index in [1.165, 1.54) is 23.3 Å². The lowest BCUT2D eigenvalue weighted by Gasteiger charge is -2.31. The second-order valence-corrected chi connectivity index (χ2v) is 13.0. The topological polar surface area (TPSA) is 127 Å². The third-order valence-corrected chi connectivity index (χ3v) is 9.41. The van der Waals surface area contributed by atoms with Gasteiger partial charge in [-0.05, 0) is 92.1 Å². The van der Waals surface area contributed by atoms with Crippen molar-refractivity contribution < 1.29 is 19.7 Å². The molecule has 1 aliphatic rings. The van der Waals surface area contributed by atoms with Gasteiger partial charge < -0.3 is 30.2 Å². The number of phenolic OH excluding ortho intramolecular Hbond substituents is 1. The van der Waals surface area contributed by atoms with Crippen molar-refractivity contribution in [3.8, 4) is 16.9 Å². The number of aromatic amines is 1. The largest absolute Gasteiger partial charge is 0.506 e. The van der Waals surface area contributed by atoms with Crippen LogP contribution in [0.5, 0.6) is 5.75 Å². The summed E-state index contributed by atoms with van der Waals surface area (Å²) in [5, 5.41) is 27.8. The van der Waals surface area contributed by atoms with Crippen molar-refractivity contribution in [2.75, 3.05) is 38.0 Å². The van der Waals surface area contributed by atoms with Crippen molar-refractivity contribution in [2.45, 2.75) is 50.7 Å². The number of amides is 1. The molecule has 0 spiro atoms. The second-order valence-electron chi connectivity index (χ2n) is 13.0. The van der Waals surface area contributed by atoms with Crippen molar-refractivity contribution in [1.29, 1.82) is 0 Å². The average molecular weight is 675 g/mol. The zero-order valence-corrected chi connectivity index (χ0v) is 28.3. The Hall–Kier alpha value is -4.96. The summed E-state index contributed by atoms with van der Waals surface area (Å²) < 4.78 is 5.81. The lowest BCUT2D eigenvalue weighted by atomic mass is 10.0. The van der Waals surface area contributed by atoms with Crippen LogP contribution < -0.4 is 16.2 Å². The maximum Gasteiger partial charge on any atom is 0.411 e. The maximum absolute atomic E-state index is 12.8. The number of hydrogen-bond donors (Lipinski definition) is 5. The first kappa shape index (κ1) is 34.9. The molecule has 1 fully saturated rings. The molecule has 9 nitrogen and oxygen atoms in total. The van der Waals surface area contributed by atoms with Crippen LogP contribution in [0.2, 0.25) is 0 Å². The summed E-state index contributed by atoms with van der Waals surface area (Å²) in [5.41, 5.74) is 6.12. The highest BCUT2D eigenvalue weighted by Crippen LogP contribution is 2.29. The average Bonchev–Trinajstić information content (AvgIpc) is 3.13. The molecule has 260 valence electrons. The summed E-state index contributed by atoms with van der Waals surface area (Å²) in [5.74, 6) is -0.0146. The Labute approximate surface area is 292 Å². The van der Waals surface area contributed by atoms with Crippen LogP contribution in [-0.4, -0.2) is 65.0 Å². The standard InChI is InChI=1S/C41H46N4O5/c46-37-19-17-34(35-18-20-39(48)44-40(35)37)38(47)28-42-23-7-11-29-9-6-10-30(27-29)12-8-24-45-25-21-32(22-26-45)50-41(49)43-36-16-5-4-15-33(36)31-13-2-1-3-14-31/h1-6,9-10,13-20,27,32,38,42,46-47H,7-8,11-12,21-26,28H2,(H,43,49)(H,44,48)/t38-/m1/s1. The molecule has 0 saturated carbocycles. The molecule has 50 heavy (non-hydrogen) atoms. The fourth-order valence-corrected chi connectivity index (χ4v) is 6.77. The molecular weight excluding hydrogens is 628 g/mol. The van der Waals surface area contributed by atoms with Gasteiger partial charge in [-0.2, -0.15) is 0 Å². The van der Waals surface area contributed by atoms with Gasteiger partial charge in [-0.15, -0.1) is 0 Å². The summed E-state index contributed by atoms with van der Waals surface area (Å²) in [6, 6.07) is 32.8. The number of H-pyrrole nitrogens is 1. The zero-order valence-electron chi connectivity index (χ0n) is 28.3. The number of likely N-dealkylation sites (tertiary alicyclic amines) is 1. The summed E-state index contributed by atoms with van der Waals surface area (Å²) in [6.07, 6.45) is 4.40. The number of ether oxygens (including phenoxy) is 1. The number of carbonyl (C=O) groups excluding carboxylic acids is 1. The molecule has 2 heterocycles. The number of fused-ring (bicyclic) bond motifs is 1. The molecule has 1 atom stereocenters. The first-order chi connectivity index (χ1) is 24.4. The van der Waals surface area contributed by atoms with Gasteiger partial charge in [0.25, 0.3) is 0 Å². The number of para-hydroxylation sites is 1. The first-order valence-electron chi connectivity index (χ1n) is 17.6. The highest BCUT2D eigenvalue weighted by Gasteiger charge is 2.22. The van der Waals surface area contributed by atoms with E-state index in [1.807, 2.05) is 54.6 Å². The summed E-state index contributed by atoms with van der Waals surface area (Å²) in [4.78, 5) is 29.5. The molecule has 0 radical (unpaired) electrons. The summed E-state index contributed by atoms with van der Waals surface area (Å²) in [7, 11) is 0. The predicted molar refractivity (Wildman–Crippen MR) is 199 cm³/mol.